The van der Waals surface area contributed by atoms with E-state index in [1.807, 2.05) is 24.3 Å². The summed E-state index contributed by atoms with van der Waals surface area (Å²) in [6.07, 6.45) is -0.119. The summed E-state index contributed by atoms with van der Waals surface area (Å²) in [6.45, 7) is 0.0710. The Balaban J connectivity index is 1.28. The van der Waals surface area contributed by atoms with E-state index in [1.54, 1.807) is 12.1 Å². The maximum Gasteiger partial charge on any atom is 0.407 e. The van der Waals surface area contributed by atoms with Gasteiger partial charge in [0.05, 0.1) is 5.56 Å². The van der Waals surface area contributed by atoms with Crippen LogP contribution in [0.2, 0.25) is 5.02 Å². The minimum absolute atomic E-state index is 0.00655. The van der Waals surface area contributed by atoms with Crippen LogP contribution in [0.5, 0.6) is 5.75 Å². The van der Waals surface area contributed by atoms with Crippen LogP contribution in [0.15, 0.2) is 66.7 Å². The second kappa shape index (κ2) is 10.8. The summed E-state index contributed by atoms with van der Waals surface area (Å²) in [5, 5.41) is 11.9. The number of halogens is 1. The molecule has 6 nitrogen and oxygen atoms in total. The molecule has 2 N–H and O–H groups in total. The molecule has 34 heavy (non-hydrogen) atoms. The number of aliphatic carboxylic acids is 1. The molecule has 0 saturated carbocycles. The van der Waals surface area contributed by atoms with Gasteiger partial charge in [-0.3, -0.25) is 0 Å². The zero-order valence-corrected chi connectivity index (χ0v) is 19.0. The number of benzene rings is 3. The number of hydrogen-bond donors (Lipinski definition) is 2. The molecule has 1 amide bonds. The Morgan fingerprint density at radius 2 is 1.68 bits per heavy atom. The van der Waals surface area contributed by atoms with E-state index in [2.05, 4.69) is 41.4 Å². The Morgan fingerprint density at radius 1 is 1.00 bits per heavy atom. The Labute approximate surface area is 202 Å². The molecule has 0 saturated heterocycles. The third-order valence-electron chi connectivity index (χ3n) is 5.38. The first-order valence-electron chi connectivity index (χ1n) is 10.7. The van der Waals surface area contributed by atoms with Gasteiger partial charge in [0, 0.05) is 30.0 Å². The van der Waals surface area contributed by atoms with Gasteiger partial charge < -0.3 is 19.9 Å². The summed E-state index contributed by atoms with van der Waals surface area (Å²) >= 11 is 5.95. The third-order valence-corrected chi connectivity index (χ3v) is 5.62. The predicted molar refractivity (Wildman–Crippen MR) is 129 cm³/mol. The number of rotatable bonds is 7. The van der Waals surface area contributed by atoms with Crippen molar-refractivity contribution in [2.45, 2.75) is 12.3 Å². The van der Waals surface area contributed by atoms with Crippen molar-refractivity contribution in [3.05, 3.63) is 88.4 Å². The van der Waals surface area contributed by atoms with Crippen molar-refractivity contribution in [3.8, 4) is 28.7 Å². The molecule has 172 valence electrons. The number of carbonyl (C=O) groups excluding carboxylic acids is 1. The second-order valence-electron chi connectivity index (χ2n) is 7.63. The summed E-state index contributed by atoms with van der Waals surface area (Å²) < 4.78 is 10.7. The number of carboxylic acid groups (broad SMARTS) is 1. The monoisotopic (exact) mass is 475 g/mol. The Bertz CT molecular complexity index is 1230. The maximum atomic E-state index is 12.2. The summed E-state index contributed by atoms with van der Waals surface area (Å²) in [4.78, 5) is 23.0. The molecular formula is C27H22ClNO5. The molecule has 0 aliphatic heterocycles. The maximum absolute atomic E-state index is 12.2. The molecule has 7 heteroatoms. The molecule has 3 aromatic carbocycles. The van der Waals surface area contributed by atoms with Crippen LogP contribution in [0.4, 0.5) is 4.79 Å². The van der Waals surface area contributed by atoms with Gasteiger partial charge in [0.2, 0.25) is 0 Å². The average Bonchev–Trinajstić information content (AvgIpc) is 3.16. The van der Waals surface area contributed by atoms with E-state index in [9.17, 15) is 9.59 Å². The Hall–Kier alpha value is -3.95. The molecule has 0 bridgehead atoms. The van der Waals surface area contributed by atoms with Crippen molar-refractivity contribution in [2.75, 3.05) is 19.8 Å². The number of alkyl carbamates (subject to hydrolysis) is 1. The van der Waals surface area contributed by atoms with Gasteiger partial charge in [-0.2, -0.15) is 0 Å². The lowest BCUT2D eigenvalue weighted by Gasteiger charge is -2.14. The first-order chi connectivity index (χ1) is 16.5. The zero-order valence-electron chi connectivity index (χ0n) is 18.2. The van der Waals surface area contributed by atoms with Crippen molar-refractivity contribution in [2.24, 2.45) is 0 Å². The number of amides is 1. The lowest BCUT2D eigenvalue weighted by Crippen LogP contribution is -2.26. The fourth-order valence-electron chi connectivity index (χ4n) is 3.89. The molecule has 0 aromatic heterocycles. The molecule has 1 aliphatic carbocycles. The van der Waals surface area contributed by atoms with Crippen LogP contribution in [-0.2, 0) is 9.53 Å². The van der Waals surface area contributed by atoms with E-state index < -0.39 is 18.7 Å². The van der Waals surface area contributed by atoms with Gasteiger partial charge in [0.25, 0.3) is 0 Å². The topological polar surface area (TPSA) is 84.9 Å². The van der Waals surface area contributed by atoms with Crippen LogP contribution in [0.1, 0.15) is 29.0 Å². The van der Waals surface area contributed by atoms with E-state index in [0.717, 1.165) is 11.1 Å². The highest BCUT2D eigenvalue weighted by Crippen LogP contribution is 2.44. The number of ether oxygens (including phenoxy) is 2. The van der Waals surface area contributed by atoms with Gasteiger partial charge in [-0.05, 0) is 34.4 Å². The summed E-state index contributed by atoms with van der Waals surface area (Å²) in [6, 6.07) is 21.2. The highest BCUT2D eigenvalue weighted by molar-refractivity contribution is 6.30. The van der Waals surface area contributed by atoms with Crippen molar-refractivity contribution in [3.63, 3.8) is 0 Å². The van der Waals surface area contributed by atoms with Crippen LogP contribution < -0.4 is 10.1 Å². The van der Waals surface area contributed by atoms with Gasteiger partial charge in [0.15, 0.2) is 6.61 Å². The van der Waals surface area contributed by atoms with Crippen LogP contribution in [-0.4, -0.2) is 36.9 Å². The smallest absolute Gasteiger partial charge is 0.407 e. The Kier molecular flexibility index (Phi) is 7.36. The minimum atomic E-state index is -1.09. The SMILES string of the molecule is O=C(O)COc1cc(Cl)ccc1C#CCCNC(=O)OCC1c2ccccc2-c2ccccc21. The second-order valence-corrected chi connectivity index (χ2v) is 8.06. The molecule has 4 rings (SSSR count). The highest BCUT2D eigenvalue weighted by atomic mass is 35.5. The standard InChI is InChI=1S/C27H22ClNO5/c28-19-13-12-18(25(15-19)33-17-26(30)31)7-5-6-14-29-27(32)34-16-24-22-10-3-1-8-20(22)21-9-2-4-11-23(21)24/h1-4,8-13,15,24H,6,14,16-17H2,(H,29,32)(H,30,31). The highest BCUT2D eigenvalue weighted by Gasteiger charge is 2.28. The van der Waals surface area contributed by atoms with Gasteiger partial charge in [0.1, 0.15) is 12.4 Å². The number of carboxylic acids is 1. The molecule has 0 heterocycles. The van der Waals surface area contributed by atoms with Crippen LogP contribution in [0, 0.1) is 11.8 Å². The largest absolute Gasteiger partial charge is 0.481 e. The summed E-state index contributed by atoms with van der Waals surface area (Å²) in [7, 11) is 0. The van der Waals surface area contributed by atoms with Crippen molar-refractivity contribution < 1.29 is 24.2 Å². The van der Waals surface area contributed by atoms with Gasteiger partial charge in [-0.25, -0.2) is 9.59 Å². The van der Waals surface area contributed by atoms with E-state index >= 15 is 0 Å². The molecular weight excluding hydrogens is 454 g/mol. The van der Waals surface area contributed by atoms with Crippen LogP contribution >= 0.6 is 11.6 Å². The van der Waals surface area contributed by atoms with Gasteiger partial charge in [-0.15, -0.1) is 0 Å². The lowest BCUT2D eigenvalue weighted by atomic mass is 9.98. The molecule has 0 atom stereocenters. The lowest BCUT2D eigenvalue weighted by molar-refractivity contribution is -0.139. The number of carbonyl (C=O) groups is 2. The minimum Gasteiger partial charge on any atom is -0.481 e. The first kappa shape index (κ1) is 23.2. The fourth-order valence-corrected chi connectivity index (χ4v) is 4.05. The molecule has 0 unspecified atom stereocenters. The number of nitrogens with one attached hydrogen (secondary N) is 1. The predicted octanol–water partition coefficient (Wildman–Crippen LogP) is 5.08. The summed E-state index contributed by atoms with van der Waals surface area (Å²) in [5.41, 5.74) is 5.19. The van der Waals surface area contributed by atoms with Crippen molar-refractivity contribution in [1.29, 1.82) is 0 Å². The third kappa shape index (κ3) is 5.51. The van der Waals surface area contributed by atoms with E-state index in [1.165, 1.54) is 17.2 Å². The van der Waals surface area contributed by atoms with Gasteiger partial charge >= 0.3 is 12.1 Å². The molecule has 0 spiro atoms. The molecule has 3 aromatic rings. The van der Waals surface area contributed by atoms with Crippen molar-refractivity contribution in [1.82, 2.24) is 5.32 Å². The van der Waals surface area contributed by atoms with E-state index in [4.69, 9.17) is 26.2 Å². The molecule has 1 aliphatic rings. The average molecular weight is 476 g/mol. The normalized spacial score (nSPS) is 11.6. The summed E-state index contributed by atoms with van der Waals surface area (Å²) in [5.74, 6) is 5.07. The van der Waals surface area contributed by atoms with Crippen LogP contribution in [0.25, 0.3) is 11.1 Å². The molecule has 0 radical (unpaired) electrons. The van der Waals surface area contributed by atoms with Crippen LogP contribution in [0.3, 0.4) is 0 Å². The van der Waals surface area contributed by atoms with Crippen molar-refractivity contribution >= 4 is 23.7 Å². The van der Waals surface area contributed by atoms with E-state index in [0.29, 0.717) is 29.3 Å². The van der Waals surface area contributed by atoms with E-state index in [-0.39, 0.29) is 12.5 Å². The number of hydrogen-bond acceptors (Lipinski definition) is 4. The number of fused-ring (bicyclic) bond motifs is 3. The molecule has 0 fully saturated rings. The fraction of sp³-hybridized carbons (Fsp3) is 0.185. The zero-order chi connectivity index (χ0) is 23.9. The quantitative estimate of drug-likeness (QED) is 0.367. The Morgan fingerprint density at radius 3 is 2.35 bits per heavy atom. The van der Waals surface area contributed by atoms with Gasteiger partial charge in [-0.1, -0.05) is 72.0 Å². The first-order valence-corrected chi connectivity index (χ1v) is 11.1.